The van der Waals surface area contributed by atoms with E-state index in [0.29, 0.717) is 5.82 Å². The first-order valence-electron chi connectivity index (χ1n) is 5.49. The number of aromatic nitrogens is 3. The Hall–Kier alpha value is -2.48. The van der Waals surface area contributed by atoms with Gasteiger partial charge in [-0.3, -0.25) is 4.79 Å². The lowest BCUT2D eigenvalue weighted by Gasteiger charge is -2.08. The van der Waals surface area contributed by atoms with Crippen molar-refractivity contribution in [3.8, 4) is 0 Å². The molecular weight excluding hydrogens is 251 g/mol. The summed E-state index contributed by atoms with van der Waals surface area (Å²) >= 11 is 0. The molecule has 7 nitrogen and oxygen atoms in total. The maximum atomic E-state index is 13.8. The number of carbonyl (C=O) groups is 1. The molecule has 4 N–H and O–H groups in total. The molecule has 0 fully saturated rings. The van der Waals surface area contributed by atoms with Crippen molar-refractivity contribution in [2.75, 3.05) is 5.43 Å². The van der Waals surface area contributed by atoms with Crippen LogP contribution < -0.4 is 16.6 Å². The molecule has 2 rings (SSSR count). The minimum absolute atomic E-state index is 0.128. The Morgan fingerprint density at radius 1 is 1.47 bits per heavy atom. The van der Waals surface area contributed by atoms with E-state index in [9.17, 15) is 9.18 Å². The smallest absolute Gasteiger partial charge is 0.254 e. The van der Waals surface area contributed by atoms with E-state index in [1.165, 1.54) is 12.3 Å². The topological polar surface area (TPSA) is 97.9 Å². The summed E-state index contributed by atoms with van der Waals surface area (Å²) < 4.78 is 15.5. The van der Waals surface area contributed by atoms with Gasteiger partial charge in [0, 0.05) is 25.6 Å². The number of nitrogens with zero attached hydrogens (tertiary/aromatic N) is 3. The Balaban J connectivity index is 2.10. The monoisotopic (exact) mass is 264 g/mol. The van der Waals surface area contributed by atoms with E-state index >= 15 is 0 Å². The predicted molar refractivity (Wildman–Crippen MR) is 66.4 cm³/mol. The van der Waals surface area contributed by atoms with Crippen molar-refractivity contribution in [1.82, 2.24) is 19.9 Å². The first-order chi connectivity index (χ1) is 9.13. The molecule has 8 heteroatoms. The van der Waals surface area contributed by atoms with Crippen LogP contribution in [0.1, 0.15) is 16.2 Å². The summed E-state index contributed by atoms with van der Waals surface area (Å²) in [4.78, 5) is 19.6. The number of hydrazine groups is 1. The van der Waals surface area contributed by atoms with E-state index in [4.69, 9.17) is 5.84 Å². The molecule has 0 saturated heterocycles. The summed E-state index contributed by atoms with van der Waals surface area (Å²) in [6, 6.07) is 1.28. The highest BCUT2D eigenvalue weighted by Crippen LogP contribution is 2.13. The average molecular weight is 264 g/mol. The van der Waals surface area contributed by atoms with Gasteiger partial charge >= 0.3 is 0 Å². The first-order valence-corrected chi connectivity index (χ1v) is 5.49. The van der Waals surface area contributed by atoms with Crippen LogP contribution >= 0.6 is 0 Å². The van der Waals surface area contributed by atoms with Gasteiger partial charge in [0.25, 0.3) is 5.91 Å². The SMILES string of the molecule is Cn1ccnc1CNC(=O)c1ccnc(NN)c1F. The Bertz CT molecular complexity index is 597. The number of nitrogens with one attached hydrogen (secondary N) is 2. The zero-order chi connectivity index (χ0) is 13.8. The normalized spacial score (nSPS) is 10.3. The van der Waals surface area contributed by atoms with Gasteiger partial charge in [-0.1, -0.05) is 0 Å². The number of amides is 1. The second-order valence-corrected chi connectivity index (χ2v) is 3.80. The first kappa shape index (κ1) is 13.0. The molecule has 0 radical (unpaired) electrons. The molecule has 0 saturated carbocycles. The highest BCUT2D eigenvalue weighted by atomic mass is 19.1. The van der Waals surface area contributed by atoms with Crippen LogP contribution in [-0.2, 0) is 13.6 Å². The van der Waals surface area contributed by atoms with Gasteiger partial charge in [0.2, 0.25) is 0 Å². The quantitative estimate of drug-likeness (QED) is 0.540. The lowest BCUT2D eigenvalue weighted by Crippen LogP contribution is -2.26. The lowest BCUT2D eigenvalue weighted by molar-refractivity contribution is 0.0945. The van der Waals surface area contributed by atoms with E-state index in [2.05, 4.69) is 20.7 Å². The van der Waals surface area contributed by atoms with E-state index in [1.54, 1.807) is 24.0 Å². The van der Waals surface area contributed by atoms with E-state index in [0.717, 1.165) is 0 Å². The van der Waals surface area contributed by atoms with Gasteiger partial charge in [0.05, 0.1) is 12.1 Å². The highest BCUT2D eigenvalue weighted by molar-refractivity contribution is 5.95. The fourth-order valence-electron chi connectivity index (χ4n) is 1.54. The van der Waals surface area contributed by atoms with Gasteiger partial charge in [-0.05, 0) is 6.07 Å². The second-order valence-electron chi connectivity index (χ2n) is 3.80. The number of hydrogen-bond acceptors (Lipinski definition) is 5. The number of imidazole rings is 1. The molecule has 0 aliphatic rings. The van der Waals surface area contributed by atoms with Crippen LogP contribution in [0.15, 0.2) is 24.7 Å². The third-order valence-electron chi connectivity index (χ3n) is 2.60. The van der Waals surface area contributed by atoms with E-state index in [-0.39, 0.29) is 17.9 Å². The Morgan fingerprint density at radius 3 is 2.89 bits per heavy atom. The van der Waals surface area contributed by atoms with E-state index in [1.807, 2.05) is 0 Å². The van der Waals surface area contributed by atoms with Gasteiger partial charge in [-0.25, -0.2) is 20.2 Å². The van der Waals surface area contributed by atoms with Crippen LogP contribution in [0.5, 0.6) is 0 Å². The number of nitrogens with two attached hydrogens (primary N) is 1. The van der Waals surface area contributed by atoms with Crippen molar-refractivity contribution in [2.45, 2.75) is 6.54 Å². The molecular formula is C11H13FN6O. The van der Waals surface area contributed by atoms with Gasteiger partial charge in [0.15, 0.2) is 11.6 Å². The van der Waals surface area contributed by atoms with Crippen LogP contribution in [0.25, 0.3) is 0 Å². The van der Waals surface area contributed by atoms with Gasteiger partial charge < -0.3 is 15.3 Å². The molecule has 0 bridgehead atoms. The molecule has 0 atom stereocenters. The van der Waals surface area contributed by atoms with Crippen LogP contribution in [-0.4, -0.2) is 20.4 Å². The second kappa shape index (κ2) is 5.44. The summed E-state index contributed by atoms with van der Waals surface area (Å²) in [5.74, 6) is 4.24. The number of nitrogen functional groups attached to an aromatic ring is 1. The molecule has 0 aliphatic carbocycles. The van der Waals surface area contributed by atoms with Crippen molar-refractivity contribution in [1.29, 1.82) is 0 Å². The summed E-state index contributed by atoms with van der Waals surface area (Å²) in [6.45, 7) is 0.204. The fraction of sp³-hybridized carbons (Fsp3) is 0.182. The Kier molecular flexibility index (Phi) is 3.71. The fourth-order valence-corrected chi connectivity index (χ4v) is 1.54. The maximum absolute atomic E-state index is 13.8. The third-order valence-corrected chi connectivity index (χ3v) is 2.60. The van der Waals surface area contributed by atoms with Crippen LogP contribution in [0, 0.1) is 5.82 Å². The Morgan fingerprint density at radius 2 is 2.26 bits per heavy atom. The molecule has 2 aromatic rings. The van der Waals surface area contributed by atoms with Crippen molar-refractivity contribution in [3.05, 3.63) is 41.9 Å². The lowest BCUT2D eigenvalue weighted by atomic mass is 10.2. The number of rotatable bonds is 4. The van der Waals surface area contributed by atoms with Gasteiger partial charge in [0.1, 0.15) is 5.82 Å². The molecule has 2 heterocycles. The zero-order valence-corrected chi connectivity index (χ0v) is 10.2. The maximum Gasteiger partial charge on any atom is 0.254 e. The number of pyridine rings is 1. The number of hydrogen-bond donors (Lipinski definition) is 3. The minimum Gasteiger partial charge on any atom is -0.345 e. The molecule has 0 spiro atoms. The molecule has 0 aliphatic heterocycles. The Labute approximate surface area is 108 Å². The minimum atomic E-state index is -0.789. The van der Waals surface area contributed by atoms with Gasteiger partial charge in [-0.15, -0.1) is 0 Å². The van der Waals surface area contributed by atoms with Crippen molar-refractivity contribution >= 4 is 11.7 Å². The van der Waals surface area contributed by atoms with Crippen molar-refractivity contribution in [3.63, 3.8) is 0 Å². The average Bonchev–Trinajstić information content (AvgIpc) is 2.82. The van der Waals surface area contributed by atoms with Crippen molar-refractivity contribution < 1.29 is 9.18 Å². The number of aryl methyl sites for hydroxylation is 1. The number of anilines is 1. The van der Waals surface area contributed by atoms with Crippen LogP contribution in [0.4, 0.5) is 10.2 Å². The summed E-state index contributed by atoms with van der Waals surface area (Å²) in [6.07, 6.45) is 4.67. The van der Waals surface area contributed by atoms with Crippen LogP contribution in [0.2, 0.25) is 0 Å². The highest BCUT2D eigenvalue weighted by Gasteiger charge is 2.15. The number of carbonyl (C=O) groups excluding carboxylic acids is 1. The summed E-state index contributed by atoms with van der Waals surface area (Å²) in [5, 5.41) is 2.58. The van der Waals surface area contributed by atoms with Gasteiger partial charge in [-0.2, -0.15) is 0 Å². The molecule has 0 unspecified atom stereocenters. The zero-order valence-electron chi connectivity index (χ0n) is 10.2. The number of halogens is 1. The standard InChI is InChI=1S/C11H13FN6O/c1-18-5-4-14-8(18)6-16-11(19)7-2-3-15-10(17-13)9(7)12/h2-5H,6,13H2,1H3,(H,15,17)(H,16,19). The molecule has 2 aromatic heterocycles. The molecule has 1 amide bonds. The van der Waals surface area contributed by atoms with E-state index < -0.39 is 11.7 Å². The molecule has 100 valence electrons. The summed E-state index contributed by atoms with van der Waals surface area (Å²) in [5.41, 5.74) is 1.96. The molecule has 19 heavy (non-hydrogen) atoms. The predicted octanol–water partition coefficient (Wildman–Crippen LogP) is 0.170. The molecule has 0 aromatic carbocycles. The van der Waals surface area contributed by atoms with Crippen LogP contribution in [0.3, 0.4) is 0 Å². The third kappa shape index (κ3) is 2.68. The summed E-state index contributed by atoms with van der Waals surface area (Å²) in [7, 11) is 1.80. The van der Waals surface area contributed by atoms with Crippen molar-refractivity contribution in [2.24, 2.45) is 12.9 Å². The largest absolute Gasteiger partial charge is 0.345 e.